The van der Waals surface area contributed by atoms with E-state index in [1.165, 1.54) is 28.0 Å². The zero-order valence-corrected chi connectivity index (χ0v) is 13.3. The van der Waals surface area contributed by atoms with Gasteiger partial charge in [0.15, 0.2) is 4.34 Å². The third-order valence-electron chi connectivity index (χ3n) is 3.08. The lowest BCUT2D eigenvalue weighted by Crippen LogP contribution is -2.45. The van der Waals surface area contributed by atoms with E-state index in [1.54, 1.807) is 13.0 Å². The summed E-state index contributed by atoms with van der Waals surface area (Å²) in [6.07, 6.45) is 0. The minimum atomic E-state index is -0.397. The topological polar surface area (TPSA) is 101 Å². The Kier molecular flexibility index (Phi) is 3.99. The molecular formula is C13H13N5O2S2. The van der Waals surface area contributed by atoms with Gasteiger partial charge in [-0.05, 0) is 19.1 Å². The lowest BCUT2D eigenvalue weighted by molar-refractivity contribution is -0.121. The van der Waals surface area contributed by atoms with Crippen molar-refractivity contribution in [3.63, 3.8) is 0 Å². The summed E-state index contributed by atoms with van der Waals surface area (Å²) in [6.45, 7) is 1.79. The van der Waals surface area contributed by atoms with E-state index in [9.17, 15) is 9.59 Å². The second-order valence-corrected chi connectivity index (χ2v) is 7.25. The van der Waals surface area contributed by atoms with Gasteiger partial charge in [0.25, 0.3) is 0 Å². The molecule has 1 aliphatic heterocycles. The van der Waals surface area contributed by atoms with Crippen molar-refractivity contribution in [2.75, 3.05) is 22.5 Å². The fraction of sp³-hybridized carbons (Fsp3) is 0.231. The summed E-state index contributed by atoms with van der Waals surface area (Å²) in [7, 11) is 0. The largest absolute Gasteiger partial charge is 0.374 e. The van der Waals surface area contributed by atoms with Gasteiger partial charge in [-0.25, -0.2) is 0 Å². The van der Waals surface area contributed by atoms with Crippen LogP contribution in [0, 0.1) is 0 Å². The molecular weight excluding hydrogens is 322 g/mol. The van der Waals surface area contributed by atoms with Crippen LogP contribution in [0.4, 0.5) is 16.5 Å². The van der Waals surface area contributed by atoms with Crippen LogP contribution in [0.15, 0.2) is 28.6 Å². The maximum Gasteiger partial charge on any atom is 0.244 e. The molecule has 1 aliphatic rings. The molecule has 0 unspecified atom stereocenters. The molecule has 0 saturated heterocycles. The molecule has 0 fully saturated rings. The zero-order valence-electron chi connectivity index (χ0n) is 11.6. The smallest absolute Gasteiger partial charge is 0.244 e. The fourth-order valence-electron chi connectivity index (χ4n) is 2.12. The van der Waals surface area contributed by atoms with Crippen LogP contribution in [0.1, 0.15) is 6.92 Å². The van der Waals surface area contributed by atoms with E-state index >= 15 is 0 Å². The molecule has 2 heterocycles. The van der Waals surface area contributed by atoms with Crippen LogP contribution >= 0.6 is 23.1 Å². The van der Waals surface area contributed by atoms with Crippen LogP contribution in [0.5, 0.6) is 0 Å². The van der Waals surface area contributed by atoms with E-state index in [1.807, 2.05) is 18.2 Å². The molecule has 9 heteroatoms. The van der Waals surface area contributed by atoms with E-state index in [4.69, 9.17) is 5.73 Å². The predicted octanol–water partition coefficient (Wildman–Crippen LogP) is 1.59. The Morgan fingerprint density at radius 3 is 2.95 bits per heavy atom. The Labute approximate surface area is 134 Å². The molecule has 1 aromatic carbocycles. The molecule has 7 nitrogen and oxygen atoms in total. The Hall–Kier alpha value is -2.13. The molecule has 2 aromatic rings. The monoisotopic (exact) mass is 335 g/mol. The highest BCUT2D eigenvalue weighted by atomic mass is 32.2. The second-order valence-electron chi connectivity index (χ2n) is 4.66. The van der Waals surface area contributed by atoms with E-state index in [0.29, 0.717) is 20.8 Å². The quantitative estimate of drug-likeness (QED) is 0.826. The molecule has 1 atom stereocenters. The number of carbonyl (C=O) groups is 2. The van der Waals surface area contributed by atoms with Gasteiger partial charge in [-0.15, -0.1) is 10.2 Å². The van der Waals surface area contributed by atoms with Crippen LogP contribution in [-0.2, 0) is 9.59 Å². The molecule has 22 heavy (non-hydrogen) atoms. The number of fused-ring (bicyclic) bond motifs is 1. The molecule has 0 saturated carbocycles. The van der Waals surface area contributed by atoms with Crippen LogP contribution < -0.4 is 16.0 Å². The van der Waals surface area contributed by atoms with Gasteiger partial charge < -0.3 is 11.1 Å². The average molecular weight is 335 g/mol. The Balaban J connectivity index is 1.81. The number of carbonyl (C=O) groups excluding carboxylic acids is 2. The van der Waals surface area contributed by atoms with Crippen molar-refractivity contribution in [2.45, 2.75) is 16.5 Å². The van der Waals surface area contributed by atoms with Gasteiger partial charge in [0.05, 0.1) is 16.6 Å². The molecule has 2 amide bonds. The summed E-state index contributed by atoms with van der Waals surface area (Å²) < 4.78 is 0.632. The van der Waals surface area contributed by atoms with Gasteiger partial charge in [-0.1, -0.05) is 35.2 Å². The first kappa shape index (κ1) is 14.8. The van der Waals surface area contributed by atoms with Crippen LogP contribution in [0.25, 0.3) is 0 Å². The zero-order chi connectivity index (χ0) is 15.7. The first-order valence-corrected chi connectivity index (χ1v) is 8.20. The minimum Gasteiger partial charge on any atom is -0.374 e. The van der Waals surface area contributed by atoms with Crippen molar-refractivity contribution in [1.29, 1.82) is 0 Å². The van der Waals surface area contributed by atoms with Crippen molar-refractivity contribution in [3.8, 4) is 0 Å². The maximum atomic E-state index is 12.7. The number of nitrogen functional groups attached to an aromatic ring is 1. The SMILES string of the molecule is C[C@@H](Sc1nnc(N)s1)C(=O)N1CC(=O)Nc2ccccc21. The third-order valence-corrected chi connectivity index (χ3v) is 5.01. The van der Waals surface area contributed by atoms with Crippen LogP contribution in [-0.4, -0.2) is 33.8 Å². The lowest BCUT2D eigenvalue weighted by atomic mass is 10.2. The number of nitrogens with two attached hydrogens (primary N) is 1. The molecule has 0 radical (unpaired) electrons. The van der Waals surface area contributed by atoms with Gasteiger partial charge in [-0.3, -0.25) is 14.5 Å². The Morgan fingerprint density at radius 1 is 1.45 bits per heavy atom. The number of rotatable bonds is 3. The second kappa shape index (κ2) is 5.93. The number of nitrogens with one attached hydrogen (secondary N) is 1. The number of thioether (sulfide) groups is 1. The highest BCUT2D eigenvalue weighted by Crippen LogP contribution is 2.33. The highest BCUT2D eigenvalue weighted by molar-refractivity contribution is 8.02. The van der Waals surface area contributed by atoms with Crippen LogP contribution in [0.2, 0.25) is 0 Å². The normalized spacial score (nSPS) is 15.1. The first-order valence-electron chi connectivity index (χ1n) is 6.50. The van der Waals surface area contributed by atoms with Crippen molar-refractivity contribution >= 4 is 51.4 Å². The summed E-state index contributed by atoms with van der Waals surface area (Å²) >= 11 is 2.52. The number of hydrogen-bond donors (Lipinski definition) is 2. The summed E-state index contributed by atoms with van der Waals surface area (Å²) in [5, 5.41) is 10.4. The minimum absolute atomic E-state index is 0.0129. The summed E-state index contributed by atoms with van der Waals surface area (Å²) in [6, 6.07) is 7.23. The molecule has 3 rings (SSSR count). The number of hydrogen-bond acceptors (Lipinski definition) is 7. The van der Waals surface area contributed by atoms with Gasteiger partial charge in [0, 0.05) is 0 Å². The fourth-order valence-corrected chi connectivity index (χ4v) is 3.96. The third kappa shape index (κ3) is 2.90. The highest BCUT2D eigenvalue weighted by Gasteiger charge is 2.30. The Bertz CT molecular complexity index is 733. The Morgan fingerprint density at radius 2 is 2.23 bits per heavy atom. The number of nitrogens with zero attached hydrogens (tertiary/aromatic N) is 3. The number of anilines is 3. The van der Waals surface area contributed by atoms with E-state index < -0.39 is 5.25 Å². The molecule has 0 aliphatic carbocycles. The van der Waals surface area contributed by atoms with Crippen LogP contribution in [0.3, 0.4) is 0 Å². The lowest BCUT2D eigenvalue weighted by Gasteiger charge is -2.30. The predicted molar refractivity (Wildman–Crippen MR) is 87.1 cm³/mol. The first-order chi connectivity index (χ1) is 10.5. The van der Waals surface area contributed by atoms with E-state index in [-0.39, 0.29) is 18.4 Å². The summed E-state index contributed by atoms with van der Waals surface area (Å²) in [5.74, 6) is -0.356. The standard InChI is InChI=1S/C13H13N5O2S2/c1-7(21-13-17-16-12(14)22-13)11(20)18-6-10(19)15-8-4-2-3-5-9(8)18/h2-5,7H,6H2,1H3,(H2,14,16)(H,15,19)/t7-/m1/s1. The molecule has 1 aromatic heterocycles. The number of benzene rings is 1. The average Bonchev–Trinajstić information content (AvgIpc) is 2.90. The van der Waals surface area contributed by atoms with Gasteiger partial charge >= 0.3 is 0 Å². The number of para-hydroxylation sites is 2. The number of aromatic nitrogens is 2. The number of amides is 2. The molecule has 0 bridgehead atoms. The van der Waals surface area contributed by atoms with E-state index in [2.05, 4.69) is 15.5 Å². The van der Waals surface area contributed by atoms with Crippen molar-refractivity contribution < 1.29 is 9.59 Å². The van der Waals surface area contributed by atoms with Gasteiger partial charge in [-0.2, -0.15) is 0 Å². The molecule has 3 N–H and O–H groups in total. The van der Waals surface area contributed by atoms with Crippen molar-refractivity contribution in [3.05, 3.63) is 24.3 Å². The molecule has 0 spiro atoms. The van der Waals surface area contributed by atoms with Gasteiger partial charge in [0.1, 0.15) is 6.54 Å². The van der Waals surface area contributed by atoms with Crippen molar-refractivity contribution in [1.82, 2.24) is 10.2 Å². The van der Waals surface area contributed by atoms with Gasteiger partial charge in [0.2, 0.25) is 16.9 Å². The maximum absolute atomic E-state index is 12.7. The van der Waals surface area contributed by atoms with Crippen molar-refractivity contribution in [2.24, 2.45) is 0 Å². The van der Waals surface area contributed by atoms with E-state index in [0.717, 1.165) is 0 Å². The molecule has 114 valence electrons. The summed E-state index contributed by atoms with van der Waals surface area (Å²) in [5.41, 5.74) is 6.89. The summed E-state index contributed by atoms with van der Waals surface area (Å²) in [4.78, 5) is 25.9.